The molecular weight excluding hydrogens is 244 g/mol. The van der Waals surface area contributed by atoms with Crippen molar-refractivity contribution in [3.05, 3.63) is 39.9 Å². The van der Waals surface area contributed by atoms with E-state index in [2.05, 4.69) is 12.2 Å². The van der Waals surface area contributed by atoms with Gasteiger partial charge in [-0.1, -0.05) is 25.8 Å². The molecule has 5 heteroatoms. The Balaban J connectivity index is 2.07. The van der Waals surface area contributed by atoms with Gasteiger partial charge in [-0.15, -0.1) is 0 Å². The lowest BCUT2D eigenvalue weighted by Crippen LogP contribution is -2.41. The fraction of sp³-hybridized carbons (Fsp3) is 0.500. The Labute approximate surface area is 112 Å². The van der Waals surface area contributed by atoms with Crippen LogP contribution in [0.15, 0.2) is 24.3 Å². The number of amides is 1. The minimum absolute atomic E-state index is 0.0515. The summed E-state index contributed by atoms with van der Waals surface area (Å²) in [5.74, 6) is 0.249. The van der Waals surface area contributed by atoms with Gasteiger partial charge in [0.2, 0.25) is 0 Å². The first-order valence-electron chi connectivity index (χ1n) is 6.63. The number of nitro groups is 1. The van der Waals surface area contributed by atoms with Gasteiger partial charge in [0, 0.05) is 23.7 Å². The van der Waals surface area contributed by atoms with Gasteiger partial charge in [-0.25, -0.2) is 0 Å². The molecule has 1 amide bonds. The molecule has 5 nitrogen and oxygen atoms in total. The highest BCUT2D eigenvalue weighted by molar-refractivity contribution is 5.95. The number of rotatable bonds is 3. The van der Waals surface area contributed by atoms with Gasteiger partial charge in [0.25, 0.3) is 11.6 Å². The standard InChI is InChI=1S/C14H18N2O3/c1-10-5-2-3-8-13(10)15-14(17)11-6-4-7-12(9-11)16(18)19/h4,6-7,9-10,13H,2-3,5,8H2,1H3,(H,15,17)/t10-,13+/m1/s1. The van der Waals surface area contributed by atoms with Crippen molar-refractivity contribution in [1.82, 2.24) is 5.32 Å². The second kappa shape index (κ2) is 5.82. The van der Waals surface area contributed by atoms with Gasteiger partial charge >= 0.3 is 0 Å². The van der Waals surface area contributed by atoms with E-state index in [9.17, 15) is 14.9 Å². The quantitative estimate of drug-likeness (QED) is 0.672. The molecule has 0 unspecified atom stereocenters. The van der Waals surface area contributed by atoms with Gasteiger partial charge in [0.15, 0.2) is 0 Å². The molecule has 1 fully saturated rings. The van der Waals surface area contributed by atoms with Crippen molar-refractivity contribution in [2.24, 2.45) is 5.92 Å². The van der Waals surface area contributed by atoms with Crippen LogP contribution in [-0.4, -0.2) is 16.9 Å². The minimum atomic E-state index is -0.486. The van der Waals surface area contributed by atoms with Crippen molar-refractivity contribution < 1.29 is 9.72 Å². The van der Waals surface area contributed by atoms with Gasteiger partial charge in [0.1, 0.15) is 0 Å². The van der Waals surface area contributed by atoms with Crippen LogP contribution in [0.2, 0.25) is 0 Å². The fourth-order valence-corrected chi connectivity index (χ4v) is 2.54. The summed E-state index contributed by atoms with van der Waals surface area (Å²) in [4.78, 5) is 22.3. The van der Waals surface area contributed by atoms with Crippen LogP contribution in [0.5, 0.6) is 0 Å². The summed E-state index contributed by atoms with van der Waals surface area (Å²) in [6, 6.07) is 6.04. The molecule has 1 saturated carbocycles. The van der Waals surface area contributed by atoms with E-state index in [4.69, 9.17) is 0 Å². The molecule has 19 heavy (non-hydrogen) atoms. The number of hydrogen-bond acceptors (Lipinski definition) is 3. The molecule has 102 valence electrons. The lowest BCUT2D eigenvalue weighted by atomic mass is 9.86. The maximum absolute atomic E-state index is 12.1. The van der Waals surface area contributed by atoms with E-state index in [0.29, 0.717) is 11.5 Å². The lowest BCUT2D eigenvalue weighted by Gasteiger charge is -2.29. The first kappa shape index (κ1) is 13.5. The summed E-state index contributed by atoms with van der Waals surface area (Å²) in [7, 11) is 0. The molecule has 2 atom stereocenters. The van der Waals surface area contributed by atoms with E-state index in [1.54, 1.807) is 6.07 Å². The predicted molar refractivity (Wildman–Crippen MR) is 72.0 cm³/mol. The van der Waals surface area contributed by atoms with Crippen LogP contribution in [0.25, 0.3) is 0 Å². The SMILES string of the molecule is C[C@@H]1CCCC[C@@H]1NC(=O)c1cccc([N+](=O)[O-])c1. The third-order valence-corrected chi connectivity index (χ3v) is 3.75. The maximum Gasteiger partial charge on any atom is 0.270 e. The average molecular weight is 262 g/mol. The smallest absolute Gasteiger partial charge is 0.270 e. The number of hydrogen-bond donors (Lipinski definition) is 1. The highest BCUT2D eigenvalue weighted by Gasteiger charge is 2.23. The van der Waals surface area contributed by atoms with Crippen molar-refractivity contribution in [3.63, 3.8) is 0 Å². The Morgan fingerprint density at radius 2 is 2.11 bits per heavy atom. The second-order valence-electron chi connectivity index (χ2n) is 5.15. The number of carbonyl (C=O) groups excluding carboxylic acids is 1. The summed E-state index contributed by atoms with van der Waals surface area (Å²) in [6.45, 7) is 2.14. The van der Waals surface area contributed by atoms with E-state index in [1.807, 2.05) is 0 Å². The van der Waals surface area contributed by atoms with Gasteiger partial charge in [-0.3, -0.25) is 14.9 Å². The van der Waals surface area contributed by atoms with Crippen LogP contribution >= 0.6 is 0 Å². The largest absolute Gasteiger partial charge is 0.349 e. The van der Waals surface area contributed by atoms with Crippen molar-refractivity contribution in [3.8, 4) is 0 Å². The lowest BCUT2D eigenvalue weighted by molar-refractivity contribution is -0.384. The van der Waals surface area contributed by atoms with Crippen LogP contribution in [0, 0.1) is 16.0 Å². The summed E-state index contributed by atoms with van der Waals surface area (Å²) in [6.07, 6.45) is 4.45. The molecule has 0 spiro atoms. The zero-order chi connectivity index (χ0) is 13.8. The summed E-state index contributed by atoms with van der Waals surface area (Å²) in [5.41, 5.74) is 0.302. The third kappa shape index (κ3) is 3.30. The first-order valence-corrected chi connectivity index (χ1v) is 6.63. The highest BCUT2D eigenvalue weighted by Crippen LogP contribution is 2.24. The number of non-ortho nitro benzene ring substituents is 1. The number of carbonyl (C=O) groups is 1. The molecule has 1 aromatic carbocycles. The van der Waals surface area contributed by atoms with Gasteiger partial charge in [-0.05, 0) is 24.8 Å². The highest BCUT2D eigenvalue weighted by atomic mass is 16.6. The van der Waals surface area contributed by atoms with Crippen LogP contribution in [0.3, 0.4) is 0 Å². The van der Waals surface area contributed by atoms with Crippen molar-refractivity contribution >= 4 is 11.6 Å². The van der Waals surface area contributed by atoms with Gasteiger partial charge in [0.05, 0.1) is 4.92 Å². The van der Waals surface area contributed by atoms with E-state index in [1.165, 1.54) is 24.6 Å². The Morgan fingerprint density at radius 1 is 1.37 bits per heavy atom. The Kier molecular flexibility index (Phi) is 4.14. The molecule has 0 aromatic heterocycles. The van der Waals surface area contributed by atoms with Crippen molar-refractivity contribution in [1.29, 1.82) is 0 Å². The molecule has 0 aliphatic heterocycles. The van der Waals surface area contributed by atoms with Crippen LogP contribution in [-0.2, 0) is 0 Å². The molecule has 1 aromatic rings. The number of nitrogens with zero attached hydrogens (tertiary/aromatic N) is 1. The minimum Gasteiger partial charge on any atom is -0.349 e. The molecule has 0 radical (unpaired) electrons. The summed E-state index contributed by atoms with van der Waals surface area (Å²) in [5, 5.41) is 13.7. The molecule has 0 bridgehead atoms. The van der Waals surface area contributed by atoms with Crippen molar-refractivity contribution in [2.75, 3.05) is 0 Å². The van der Waals surface area contributed by atoms with Gasteiger partial charge < -0.3 is 5.32 Å². The Morgan fingerprint density at radius 3 is 2.79 bits per heavy atom. The predicted octanol–water partition coefficient (Wildman–Crippen LogP) is 2.90. The zero-order valence-electron chi connectivity index (χ0n) is 11.0. The fourth-order valence-electron chi connectivity index (χ4n) is 2.54. The maximum atomic E-state index is 12.1. The third-order valence-electron chi connectivity index (χ3n) is 3.75. The topological polar surface area (TPSA) is 72.2 Å². The molecule has 2 rings (SSSR count). The Hall–Kier alpha value is -1.91. The number of nitrogens with one attached hydrogen (secondary N) is 1. The number of nitro benzene ring substituents is 1. The molecule has 0 saturated heterocycles. The normalized spacial score (nSPS) is 22.8. The molecule has 1 aliphatic carbocycles. The molecular formula is C14H18N2O3. The monoisotopic (exact) mass is 262 g/mol. The zero-order valence-corrected chi connectivity index (χ0v) is 11.0. The first-order chi connectivity index (χ1) is 9.08. The van der Waals surface area contributed by atoms with E-state index < -0.39 is 4.92 Å². The van der Waals surface area contributed by atoms with E-state index >= 15 is 0 Å². The van der Waals surface area contributed by atoms with Crippen molar-refractivity contribution in [2.45, 2.75) is 38.6 Å². The number of benzene rings is 1. The molecule has 1 N–H and O–H groups in total. The van der Waals surface area contributed by atoms with E-state index in [-0.39, 0.29) is 17.6 Å². The second-order valence-corrected chi connectivity index (χ2v) is 5.15. The van der Waals surface area contributed by atoms with E-state index in [0.717, 1.165) is 19.3 Å². The molecule has 1 aliphatic rings. The van der Waals surface area contributed by atoms with Crippen LogP contribution < -0.4 is 5.32 Å². The summed E-state index contributed by atoms with van der Waals surface area (Å²) < 4.78 is 0. The van der Waals surface area contributed by atoms with Crippen LogP contribution in [0.4, 0.5) is 5.69 Å². The summed E-state index contributed by atoms with van der Waals surface area (Å²) >= 11 is 0. The van der Waals surface area contributed by atoms with Gasteiger partial charge in [-0.2, -0.15) is 0 Å². The molecule has 0 heterocycles. The average Bonchev–Trinajstić information content (AvgIpc) is 2.41. The Bertz CT molecular complexity index is 487. The van der Waals surface area contributed by atoms with Crippen LogP contribution in [0.1, 0.15) is 43.0 Å².